The zero-order valence-electron chi connectivity index (χ0n) is 12.0. The summed E-state index contributed by atoms with van der Waals surface area (Å²) in [7, 11) is 0. The van der Waals surface area contributed by atoms with Crippen LogP contribution in [0.2, 0.25) is 5.02 Å². The summed E-state index contributed by atoms with van der Waals surface area (Å²) in [5.41, 5.74) is 7.51. The van der Waals surface area contributed by atoms with Crippen LogP contribution in [0.5, 0.6) is 5.75 Å². The van der Waals surface area contributed by atoms with Gasteiger partial charge in [-0.2, -0.15) is 0 Å². The Morgan fingerprint density at radius 2 is 1.96 bits per heavy atom. The van der Waals surface area contributed by atoms with Gasteiger partial charge in [0, 0.05) is 16.7 Å². The number of primary amides is 1. The molecule has 0 spiro atoms. The average Bonchev–Trinajstić information content (AvgIpc) is 3.04. The molecule has 3 aromatic rings. The molecule has 0 aliphatic rings. The fraction of sp³-hybridized carbons (Fsp3) is 0.0588. The minimum Gasteiger partial charge on any atom is -0.489 e. The normalized spacial score (nSPS) is 10.5. The monoisotopic (exact) mass is 328 g/mol. The molecule has 5 nitrogen and oxygen atoms in total. The van der Waals surface area contributed by atoms with Crippen molar-refractivity contribution in [1.82, 2.24) is 5.16 Å². The van der Waals surface area contributed by atoms with Crippen molar-refractivity contribution in [2.75, 3.05) is 0 Å². The van der Waals surface area contributed by atoms with Gasteiger partial charge in [0.2, 0.25) is 5.76 Å². The van der Waals surface area contributed by atoms with Gasteiger partial charge >= 0.3 is 0 Å². The molecule has 116 valence electrons. The molecule has 3 rings (SSSR count). The van der Waals surface area contributed by atoms with Crippen molar-refractivity contribution in [1.29, 1.82) is 0 Å². The lowest BCUT2D eigenvalue weighted by Gasteiger charge is -2.07. The summed E-state index contributed by atoms with van der Waals surface area (Å²) >= 11 is 5.91. The second-order valence-corrected chi connectivity index (χ2v) is 5.32. The summed E-state index contributed by atoms with van der Waals surface area (Å²) < 4.78 is 10.5. The molecule has 1 aromatic heterocycles. The number of ether oxygens (including phenoxy) is 1. The van der Waals surface area contributed by atoms with Gasteiger partial charge in [0.15, 0.2) is 0 Å². The highest BCUT2D eigenvalue weighted by Crippen LogP contribution is 2.21. The third-order valence-electron chi connectivity index (χ3n) is 3.20. The van der Waals surface area contributed by atoms with Gasteiger partial charge in [-0.25, -0.2) is 0 Å². The van der Waals surface area contributed by atoms with Crippen LogP contribution in [0.25, 0.3) is 11.3 Å². The zero-order chi connectivity index (χ0) is 16.2. The van der Waals surface area contributed by atoms with Crippen LogP contribution < -0.4 is 10.5 Å². The standard InChI is InChI=1S/C17H13ClN2O3/c18-13-2-1-3-14(8-13)22-10-11-4-6-12(7-5-11)15-9-16(17(19)21)23-20-15/h1-9H,10H2,(H2,19,21). The van der Waals surface area contributed by atoms with E-state index >= 15 is 0 Å². The number of amides is 1. The molecule has 0 fully saturated rings. The summed E-state index contributed by atoms with van der Waals surface area (Å²) in [4.78, 5) is 11.0. The summed E-state index contributed by atoms with van der Waals surface area (Å²) in [5.74, 6) is 0.104. The van der Waals surface area contributed by atoms with E-state index in [1.807, 2.05) is 36.4 Å². The van der Waals surface area contributed by atoms with Crippen molar-refractivity contribution in [2.45, 2.75) is 6.61 Å². The molecule has 0 saturated heterocycles. The van der Waals surface area contributed by atoms with E-state index in [1.165, 1.54) is 6.07 Å². The molecule has 1 heterocycles. The van der Waals surface area contributed by atoms with E-state index in [9.17, 15) is 4.79 Å². The molecule has 0 aliphatic carbocycles. The van der Waals surface area contributed by atoms with E-state index in [4.69, 9.17) is 26.6 Å². The van der Waals surface area contributed by atoms with Gasteiger partial charge in [0.25, 0.3) is 5.91 Å². The van der Waals surface area contributed by atoms with Crippen molar-refractivity contribution < 1.29 is 14.1 Å². The maximum Gasteiger partial charge on any atom is 0.287 e. The Balaban J connectivity index is 1.68. The molecule has 0 aliphatic heterocycles. The molecule has 1 amide bonds. The van der Waals surface area contributed by atoms with Gasteiger partial charge in [-0.3, -0.25) is 4.79 Å². The third kappa shape index (κ3) is 3.70. The lowest BCUT2D eigenvalue weighted by molar-refractivity contribution is 0.0965. The van der Waals surface area contributed by atoms with Crippen molar-refractivity contribution in [3.05, 3.63) is 70.9 Å². The highest BCUT2D eigenvalue weighted by atomic mass is 35.5. The lowest BCUT2D eigenvalue weighted by Crippen LogP contribution is -2.09. The number of benzene rings is 2. The molecule has 6 heteroatoms. The lowest BCUT2D eigenvalue weighted by atomic mass is 10.1. The average molecular weight is 329 g/mol. The second-order valence-electron chi connectivity index (χ2n) is 4.88. The molecule has 0 unspecified atom stereocenters. The van der Waals surface area contributed by atoms with E-state index in [0.717, 1.165) is 11.1 Å². The van der Waals surface area contributed by atoms with Crippen molar-refractivity contribution >= 4 is 17.5 Å². The largest absolute Gasteiger partial charge is 0.489 e. The predicted octanol–water partition coefficient (Wildman–Crippen LogP) is 3.67. The molecule has 0 bridgehead atoms. The number of nitrogens with zero attached hydrogens (tertiary/aromatic N) is 1. The summed E-state index contributed by atoms with van der Waals surface area (Å²) in [6.45, 7) is 0.423. The number of nitrogens with two attached hydrogens (primary N) is 1. The number of hydrogen-bond donors (Lipinski definition) is 1. The first-order chi connectivity index (χ1) is 11.1. The van der Waals surface area contributed by atoms with E-state index in [-0.39, 0.29) is 5.76 Å². The zero-order valence-corrected chi connectivity index (χ0v) is 12.8. The summed E-state index contributed by atoms with van der Waals surface area (Å²) in [6, 6.07) is 16.3. The first-order valence-electron chi connectivity index (χ1n) is 6.86. The van der Waals surface area contributed by atoms with Gasteiger partial charge in [-0.05, 0) is 23.8 Å². The minimum absolute atomic E-state index is 0.0355. The Morgan fingerprint density at radius 3 is 2.61 bits per heavy atom. The van der Waals surface area contributed by atoms with Gasteiger partial charge in [0.1, 0.15) is 18.1 Å². The number of rotatable bonds is 5. The Hall–Kier alpha value is -2.79. The van der Waals surface area contributed by atoms with Crippen molar-refractivity contribution in [3.8, 4) is 17.0 Å². The molecule has 0 atom stereocenters. The Bertz CT molecular complexity index is 828. The molecular weight excluding hydrogens is 316 g/mol. The first-order valence-corrected chi connectivity index (χ1v) is 7.24. The molecule has 0 saturated carbocycles. The van der Waals surface area contributed by atoms with Crippen LogP contribution >= 0.6 is 11.6 Å². The van der Waals surface area contributed by atoms with Crippen molar-refractivity contribution in [3.63, 3.8) is 0 Å². The fourth-order valence-corrected chi connectivity index (χ4v) is 2.20. The minimum atomic E-state index is -0.643. The molecule has 2 aromatic carbocycles. The molecule has 0 radical (unpaired) electrons. The number of aromatic nitrogens is 1. The first kappa shape index (κ1) is 15.1. The van der Waals surface area contributed by atoms with Crippen molar-refractivity contribution in [2.24, 2.45) is 5.73 Å². The topological polar surface area (TPSA) is 78.4 Å². The van der Waals surface area contributed by atoms with E-state index < -0.39 is 5.91 Å². The number of carbonyl (C=O) groups excluding carboxylic acids is 1. The smallest absolute Gasteiger partial charge is 0.287 e. The van der Waals surface area contributed by atoms with E-state index in [1.54, 1.807) is 12.1 Å². The van der Waals surface area contributed by atoms with E-state index in [2.05, 4.69) is 5.16 Å². The van der Waals surface area contributed by atoms with Gasteiger partial charge in [0.05, 0.1) is 0 Å². The van der Waals surface area contributed by atoms with Gasteiger partial charge in [-0.1, -0.05) is 47.1 Å². The molecular formula is C17H13ClN2O3. The summed E-state index contributed by atoms with van der Waals surface area (Å²) in [6.07, 6.45) is 0. The second kappa shape index (κ2) is 6.54. The molecule has 23 heavy (non-hydrogen) atoms. The Labute approximate surface area is 137 Å². The van der Waals surface area contributed by atoms with Crippen LogP contribution in [0.4, 0.5) is 0 Å². The SMILES string of the molecule is NC(=O)c1cc(-c2ccc(COc3cccc(Cl)c3)cc2)no1. The van der Waals surface area contributed by atoms with Crippen LogP contribution in [0.1, 0.15) is 16.1 Å². The number of halogens is 1. The Kier molecular flexibility index (Phi) is 4.30. The highest BCUT2D eigenvalue weighted by Gasteiger charge is 2.10. The fourth-order valence-electron chi connectivity index (χ4n) is 2.02. The predicted molar refractivity (Wildman–Crippen MR) is 86.2 cm³/mol. The van der Waals surface area contributed by atoms with Crippen LogP contribution in [0.3, 0.4) is 0 Å². The maximum atomic E-state index is 11.0. The quantitative estimate of drug-likeness (QED) is 0.775. The highest BCUT2D eigenvalue weighted by molar-refractivity contribution is 6.30. The van der Waals surface area contributed by atoms with Crippen LogP contribution in [-0.2, 0) is 6.61 Å². The Morgan fingerprint density at radius 1 is 1.17 bits per heavy atom. The number of hydrogen-bond acceptors (Lipinski definition) is 4. The maximum absolute atomic E-state index is 11.0. The van der Waals surface area contributed by atoms with Crippen LogP contribution in [0.15, 0.2) is 59.1 Å². The number of carbonyl (C=O) groups is 1. The van der Waals surface area contributed by atoms with Gasteiger partial charge in [-0.15, -0.1) is 0 Å². The molecule has 2 N–H and O–H groups in total. The van der Waals surface area contributed by atoms with Crippen LogP contribution in [-0.4, -0.2) is 11.1 Å². The van der Waals surface area contributed by atoms with Crippen LogP contribution in [0, 0.1) is 0 Å². The summed E-state index contributed by atoms with van der Waals surface area (Å²) in [5, 5.41) is 4.45. The van der Waals surface area contributed by atoms with Gasteiger partial charge < -0.3 is 15.0 Å². The third-order valence-corrected chi connectivity index (χ3v) is 3.44. The van der Waals surface area contributed by atoms with E-state index in [0.29, 0.717) is 23.1 Å².